The molecule has 8 heteroatoms. The number of amides is 1. The second kappa shape index (κ2) is 10.6. The molecule has 0 aliphatic carbocycles. The van der Waals surface area contributed by atoms with Crippen molar-refractivity contribution in [1.29, 1.82) is 0 Å². The minimum absolute atomic E-state index is 0.00203. The average Bonchev–Trinajstić information content (AvgIpc) is 3.26. The molecule has 174 valence electrons. The highest BCUT2D eigenvalue weighted by Crippen LogP contribution is 2.36. The topological polar surface area (TPSA) is 106 Å². The third-order valence-corrected chi connectivity index (χ3v) is 5.54. The van der Waals surface area contributed by atoms with E-state index in [9.17, 15) is 14.9 Å². The molecule has 0 unspecified atom stereocenters. The Hall–Kier alpha value is -4.17. The summed E-state index contributed by atoms with van der Waals surface area (Å²) in [6.45, 7) is 0.814. The summed E-state index contributed by atoms with van der Waals surface area (Å²) >= 11 is 0. The molecule has 0 aliphatic rings. The lowest BCUT2D eigenvalue weighted by Crippen LogP contribution is -2.28. The number of benzene rings is 3. The molecule has 0 saturated carbocycles. The molecular formula is C26H25N3O5. The number of methoxy groups -OCH3 is 1. The number of carbonyl (C=O) groups is 1. The minimum atomic E-state index is -0.420. The summed E-state index contributed by atoms with van der Waals surface area (Å²) in [5.41, 5.74) is 2.43. The Morgan fingerprint density at radius 1 is 1.06 bits per heavy atom. The van der Waals surface area contributed by atoms with Gasteiger partial charge in [0.1, 0.15) is 11.5 Å². The van der Waals surface area contributed by atoms with Crippen molar-refractivity contribution in [2.75, 3.05) is 20.3 Å². The first-order valence-electron chi connectivity index (χ1n) is 10.9. The van der Waals surface area contributed by atoms with Crippen molar-refractivity contribution in [2.24, 2.45) is 0 Å². The number of fused-ring (bicyclic) bond motifs is 1. The fourth-order valence-electron chi connectivity index (χ4n) is 3.91. The Kier molecular flexibility index (Phi) is 7.19. The van der Waals surface area contributed by atoms with E-state index in [0.29, 0.717) is 30.0 Å². The van der Waals surface area contributed by atoms with Crippen molar-refractivity contribution in [1.82, 2.24) is 10.3 Å². The number of nitrogens with one attached hydrogen (secondary N) is 2. The number of nitrogens with zero attached hydrogens (tertiary/aromatic N) is 1. The second-order valence-corrected chi connectivity index (χ2v) is 7.82. The lowest BCUT2D eigenvalue weighted by Gasteiger charge is -2.18. The summed E-state index contributed by atoms with van der Waals surface area (Å²) in [6, 6.07) is 21.7. The number of H-pyrrole nitrogens is 1. The third-order valence-electron chi connectivity index (χ3n) is 5.54. The van der Waals surface area contributed by atoms with Gasteiger partial charge in [-0.2, -0.15) is 0 Å². The minimum Gasteiger partial charge on any atom is -0.457 e. The molecule has 8 nitrogen and oxygen atoms in total. The van der Waals surface area contributed by atoms with E-state index in [-0.39, 0.29) is 23.9 Å². The van der Waals surface area contributed by atoms with Crippen LogP contribution in [0.15, 0.2) is 79.0 Å². The van der Waals surface area contributed by atoms with Gasteiger partial charge in [-0.15, -0.1) is 0 Å². The maximum atomic E-state index is 12.8. The van der Waals surface area contributed by atoms with Crippen molar-refractivity contribution in [2.45, 2.75) is 12.3 Å². The molecule has 2 N–H and O–H groups in total. The van der Waals surface area contributed by atoms with E-state index in [2.05, 4.69) is 10.3 Å². The number of hydrogen-bond acceptors (Lipinski definition) is 5. The van der Waals surface area contributed by atoms with Crippen LogP contribution in [0.4, 0.5) is 5.69 Å². The van der Waals surface area contributed by atoms with Crippen LogP contribution in [0.3, 0.4) is 0 Å². The normalized spacial score (nSPS) is 11.8. The van der Waals surface area contributed by atoms with E-state index in [1.165, 1.54) is 6.07 Å². The van der Waals surface area contributed by atoms with Crippen LogP contribution >= 0.6 is 0 Å². The van der Waals surface area contributed by atoms with Crippen LogP contribution in [-0.4, -0.2) is 36.1 Å². The first kappa shape index (κ1) is 23.0. The first-order chi connectivity index (χ1) is 16.5. The Morgan fingerprint density at radius 3 is 2.62 bits per heavy atom. The lowest BCUT2D eigenvalue weighted by molar-refractivity contribution is -0.384. The van der Waals surface area contributed by atoms with E-state index in [0.717, 1.165) is 16.6 Å². The molecule has 4 rings (SSSR count). The van der Waals surface area contributed by atoms with Crippen LogP contribution in [0.5, 0.6) is 11.5 Å². The van der Waals surface area contributed by atoms with Gasteiger partial charge in [0.05, 0.1) is 11.5 Å². The fourth-order valence-corrected chi connectivity index (χ4v) is 3.91. The zero-order valence-corrected chi connectivity index (χ0v) is 18.7. The highest BCUT2D eigenvalue weighted by atomic mass is 16.6. The van der Waals surface area contributed by atoms with Gasteiger partial charge in [-0.1, -0.05) is 30.3 Å². The van der Waals surface area contributed by atoms with Crippen molar-refractivity contribution in [3.8, 4) is 11.5 Å². The van der Waals surface area contributed by atoms with Gasteiger partial charge in [0.2, 0.25) is 5.91 Å². The van der Waals surface area contributed by atoms with Gasteiger partial charge >= 0.3 is 0 Å². The maximum absolute atomic E-state index is 12.8. The Morgan fingerprint density at radius 2 is 1.85 bits per heavy atom. The van der Waals surface area contributed by atoms with E-state index >= 15 is 0 Å². The molecule has 1 atom stereocenters. The highest BCUT2D eigenvalue weighted by Gasteiger charge is 2.23. The summed E-state index contributed by atoms with van der Waals surface area (Å²) in [4.78, 5) is 26.9. The number of rotatable bonds is 10. The molecular weight excluding hydrogens is 434 g/mol. The van der Waals surface area contributed by atoms with E-state index < -0.39 is 4.92 Å². The summed E-state index contributed by atoms with van der Waals surface area (Å²) in [7, 11) is 1.58. The monoisotopic (exact) mass is 459 g/mol. The molecule has 34 heavy (non-hydrogen) atoms. The van der Waals surface area contributed by atoms with Gasteiger partial charge in [0.25, 0.3) is 5.69 Å². The van der Waals surface area contributed by atoms with E-state index in [4.69, 9.17) is 9.47 Å². The Bertz CT molecular complexity index is 1290. The number of aromatic nitrogens is 1. The molecule has 0 saturated heterocycles. The number of carbonyl (C=O) groups excluding carboxylic acids is 1. The summed E-state index contributed by atoms with van der Waals surface area (Å²) < 4.78 is 11.0. The van der Waals surface area contributed by atoms with E-state index in [1.807, 2.05) is 60.8 Å². The van der Waals surface area contributed by atoms with Crippen LogP contribution in [0, 0.1) is 10.1 Å². The zero-order valence-electron chi connectivity index (χ0n) is 18.7. The summed E-state index contributed by atoms with van der Waals surface area (Å²) in [5.74, 6) is 0.851. The maximum Gasteiger partial charge on any atom is 0.270 e. The fraction of sp³-hybridized carbons (Fsp3) is 0.192. The van der Waals surface area contributed by atoms with Crippen LogP contribution < -0.4 is 10.1 Å². The number of aromatic amines is 1. The number of nitro groups is 1. The van der Waals surface area contributed by atoms with Gasteiger partial charge in [0.15, 0.2) is 0 Å². The molecule has 3 aromatic carbocycles. The van der Waals surface area contributed by atoms with Gasteiger partial charge in [-0.05, 0) is 41.5 Å². The van der Waals surface area contributed by atoms with Crippen molar-refractivity contribution >= 4 is 22.5 Å². The zero-order chi connectivity index (χ0) is 23.9. The SMILES string of the molecule is COCCNC(=O)C[C@H](c1cccc(Oc2ccccc2)c1)c1c[nH]c2ccc([N+](=O)[O-])cc12. The second-order valence-electron chi connectivity index (χ2n) is 7.82. The highest BCUT2D eigenvalue weighted by molar-refractivity contribution is 5.87. The average molecular weight is 460 g/mol. The molecule has 0 radical (unpaired) electrons. The predicted octanol–water partition coefficient (Wildman–Crippen LogP) is 5.15. The molecule has 1 heterocycles. The van der Waals surface area contributed by atoms with Gasteiger partial charge in [-0.25, -0.2) is 0 Å². The molecule has 1 aromatic heterocycles. The first-order valence-corrected chi connectivity index (χ1v) is 10.9. The molecule has 1 amide bonds. The van der Waals surface area contributed by atoms with Crippen molar-refractivity contribution < 1.29 is 19.2 Å². The summed E-state index contributed by atoms with van der Waals surface area (Å²) in [6.07, 6.45) is 1.97. The van der Waals surface area contributed by atoms with Crippen LogP contribution in [0.25, 0.3) is 10.9 Å². The molecule has 0 spiro atoms. The van der Waals surface area contributed by atoms with Gasteiger partial charge in [-0.3, -0.25) is 14.9 Å². The van der Waals surface area contributed by atoms with Crippen LogP contribution in [0.1, 0.15) is 23.5 Å². The number of ether oxygens (including phenoxy) is 2. The van der Waals surface area contributed by atoms with Gasteiger partial charge < -0.3 is 19.8 Å². The predicted molar refractivity (Wildman–Crippen MR) is 129 cm³/mol. The van der Waals surface area contributed by atoms with Crippen molar-refractivity contribution in [3.05, 3.63) is 100 Å². The number of hydrogen-bond donors (Lipinski definition) is 2. The van der Waals surface area contributed by atoms with Gasteiger partial charge in [0, 0.05) is 55.2 Å². The van der Waals surface area contributed by atoms with E-state index in [1.54, 1.807) is 19.2 Å². The summed E-state index contributed by atoms with van der Waals surface area (Å²) in [5, 5.41) is 14.9. The standard InChI is InChI=1S/C26H25N3O5/c1-33-13-12-27-26(30)16-22(24-17-28-25-11-10-19(29(31)32)15-23(24)25)18-6-5-9-21(14-18)34-20-7-3-2-4-8-20/h2-11,14-15,17,22,28H,12-13,16H2,1H3,(H,27,30)/t22-/m1/s1. The smallest absolute Gasteiger partial charge is 0.270 e. The number of nitro benzene ring substituents is 1. The number of non-ortho nitro benzene ring substituents is 1. The molecule has 0 aliphatic heterocycles. The number of para-hydroxylation sites is 1. The van der Waals surface area contributed by atoms with Crippen LogP contribution in [-0.2, 0) is 9.53 Å². The lowest BCUT2D eigenvalue weighted by atomic mass is 9.87. The van der Waals surface area contributed by atoms with Crippen LogP contribution in [0.2, 0.25) is 0 Å². The third kappa shape index (κ3) is 5.41. The molecule has 0 fully saturated rings. The quantitative estimate of drug-likeness (QED) is 0.194. The Labute approximate surface area is 196 Å². The molecule has 0 bridgehead atoms. The van der Waals surface area contributed by atoms with Crippen molar-refractivity contribution in [3.63, 3.8) is 0 Å². The molecule has 4 aromatic rings. The largest absolute Gasteiger partial charge is 0.457 e. The Balaban J connectivity index is 1.71.